The van der Waals surface area contributed by atoms with Crippen molar-refractivity contribution in [2.24, 2.45) is 0 Å². The van der Waals surface area contributed by atoms with E-state index in [1.165, 1.54) is 18.1 Å². The Kier molecular flexibility index (Phi) is 7.50. The zero-order valence-electron chi connectivity index (χ0n) is 20.2. The molecule has 4 rings (SSSR count). The summed E-state index contributed by atoms with van der Waals surface area (Å²) in [6.45, 7) is 2.54. The van der Waals surface area contributed by atoms with Gasteiger partial charge in [0.25, 0.3) is 11.7 Å². The van der Waals surface area contributed by atoms with E-state index in [4.69, 9.17) is 25.8 Å². The summed E-state index contributed by atoms with van der Waals surface area (Å²) in [6, 6.07) is 18.2. The zero-order chi connectivity index (χ0) is 25.8. The van der Waals surface area contributed by atoms with Gasteiger partial charge in [-0.2, -0.15) is 0 Å². The average Bonchev–Trinajstić information content (AvgIpc) is 3.14. The molecule has 0 spiro atoms. The van der Waals surface area contributed by atoms with Crippen LogP contribution in [0.4, 0.5) is 0 Å². The van der Waals surface area contributed by atoms with Crippen LogP contribution in [0.5, 0.6) is 17.2 Å². The van der Waals surface area contributed by atoms with Crippen molar-refractivity contribution >= 4 is 29.1 Å². The molecule has 1 heterocycles. The van der Waals surface area contributed by atoms with E-state index in [0.29, 0.717) is 34.4 Å². The molecule has 1 fully saturated rings. The summed E-state index contributed by atoms with van der Waals surface area (Å²) in [5.41, 5.74) is 1.63. The van der Waals surface area contributed by atoms with E-state index in [0.717, 1.165) is 5.56 Å². The molecule has 1 aliphatic heterocycles. The molecule has 0 radical (unpaired) electrons. The van der Waals surface area contributed by atoms with E-state index in [-0.39, 0.29) is 23.4 Å². The molecule has 7 nitrogen and oxygen atoms in total. The Balaban J connectivity index is 1.85. The highest BCUT2D eigenvalue weighted by Gasteiger charge is 2.46. The number of benzene rings is 3. The normalized spacial score (nSPS) is 16.8. The van der Waals surface area contributed by atoms with Crippen LogP contribution in [0.1, 0.15) is 29.7 Å². The molecule has 3 aromatic rings. The number of rotatable bonds is 8. The fraction of sp³-hybridized carbons (Fsp3) is 0.214. The number of amides is 1. The van der Waals surface area contributed by atoms with Gasteiger partial charge in [0, 0.05) is 11.6 Å². The first-order chi connectivity index (χ1) is 17.4. The van der Waals surface area contributed by atoms with Crippen molar-refractivity contribution in [2.45, 2.75) is 19.5 Å². The Hall–Kier alpha value is -3.97. The molecule has 3 aromatic carbocycles. The molecule has 36 heavy (non-hydrogen) atoms. The number of hydrogen-bond donors (Lipinski definition) is 1. The van der Waals surface area contributed by atoms with Gasteiger partial charge in [-0.05, 0) is 60.5 Å². The fourth-order valence-corrected chi connectivity index (χ4v) is 4.41. The van der Waals surface area contributed by atoms with E-state index in [1.54, 1.807) is 55.6 Å². The van der Waals surface area contributed by atoms with Gasteiger partial charge < -0.3 is 24.2 Å². The molecule has 1 unspecified atom stereocenters. The Morgan fingerprint density at radius 1 is 0.944 bits per heavy atom. The molecule has 0 aliphatic carbocycles. The van der Waals surface area contributed by atoms with Gasteiger partial charge in [-0.25, -0.2) is 0 Å². The molecule has 0 saturated carbocycles. The quantitative estimate of drug-likeness (QED) is 0.250. The molecular weight excluding hydrogens is 482 g/mol. The van der Waals surface area contributed by atoms with Gasteiger partial charge >= 0.3 is 0 Å². The second kappa shape index (κ2) is 10.7. The topological polar surface area (TPSA) is 85.3 Å². The van der Waals surface area contributed by atoms with Crippen molar-refractivity contribution in [1.82, 2.24) is 4.90 Å². The summed E-state index contributed by atoms with van der Waals surface area (Å²) in [5, 5.41) is 11.7. The lowest BCUT2D eigenvalue weighted by Gasteiger charge is -2.26. The predicted octanol–water partition coefficient (Wildman–Crippen LogP) is 5.38. The van der Waals surface area contributed by atoms with Crippen molar-refractivity contribution in [3.05, 3.63) is 94.0 Å². The fourth-order valence-electron chi connectivity index (χ4n) is 4.24. The van der Waals surface area contributed by atoms with Crippen LogP contribution in [0.3, 0.4) is 0 Å². The second-order valence-corrected chi connectivity index (χ2v) is 8.56. The van der Waals surface area contributed by atoms with Crippen LogP contribution in [-0.2, 0) is 16.1 Å². The molecular formula is C28H26ClNO6. The lowest BCUT2D eigenvalue weighted by Crippen LogP contribution is -2.29. The minimum atomic E-state index is -0.841. The largest absolute Gasteiger partial charge is 0.507 e. The summed E-state index contributed by atoms with van der Waals surface area (Å²) in [5.74, 6) is -0.205. The summed E-state index contributed by atoms with van der Waals surface area (Å²) < 4.78 is 16.1. The third kappa shape index (κ3) is 4.88. The molecule has 0 bridgehead atoms. The molecule has 1 atom stereocenters. The maximum absolute atomic E-state index is 13.3. The van der Waals surface area contributed by atoms with E-state index in [2.05, 4.69) is 0 Å². The Labute approximate surface area is 214 Å². The first kappa shape index (κ1) is 25.1. The first-order valence-electron chi connectivity index (χ1n) is 11.4. The number of ether oxygens (including phenoxy) is 3. The van der Waals surface area contributed by atoms with Crippen LogP contribution in [0, 0.1) is 0 Å². The number of carbonyl (C=O) groups is 2. The van der Waals surface area contributed by atoms with Gasteiger partial charge in [-0.1, -0.05) is 35.9 Å². The monoisotopic (exact) mass is 507 g/mol. The standard InChI is InChI=1S/C28H26ClNO6/c1-4-36-21-12-7-18(8-13-21)25-24(26(31)22-15-19(29)9-14-23(22)35-3)27(32)28(33)30(25)16-17-5-10-20(34-2)11-6-17/h5-15,25,31H,4,16H2,1-3H3/b26-24+. The van der Waals surface area contributed by atoms with E-state index < -0.39 is 17.7 Å². The van der Waals surface area contributed by atoms with Crippen LogP contribution < -0.4 is 14.2 Å². The molecule has 1 saturated heterocycles. The van der Waals surface area contributed by atoms with Gasteiger partial charge in [0.05, 0.1) is 38.0 Å². The van der Waals surface area contributed by atoms with Crippen LogP contribution in [-0.4, -0.2) is 42.5 Å². The lowest BCUT2D eigenvalue weighted by atomic mass is 9.94. The van der Waals surface area contributed by atoms with Crippen LogP contribution >= 0.6 is 11.6 Å². The minimum Gasteiger partial charge on any atom is -0.507 e. The van der Waals surface area contributed by atoms with Gasteiger partial charge in [-0.15, -0.1) is 0 Å². The maximum atomic E-state index is 13.3. The Morgan fingerprint density at radius 3 is 2.22 bits per heavy atom. The van der Waals surface area contributed by atoms with E-state index in [1.807, 2.05) is 19.1 Å². The van der Waals surface area contributed by atoms with Crippen molar-refractivity contribution in [1.29, 1.82) is 0 Å². The lowest BCUT2D eigenvalue weighted by molar-refractivity contribution is -0.140. The highest BCUT2D eigenvalue weighted by Crippen LogP contribution is 2.42. The zero-order valence-corrected chi connectivity index (χ0v) is 20.9. The summed E-state index contributed by atoms with van der Waals surface area (Å²) >= 11 is 6.18. The number of likely N-dealkylation sites (tertiary alicyclic amines) is 1. The van der Waals surface area contributed by atoms with Gasteiger partial charge in [0.2, 0.25) is 0 Å². The number of aliphatic hydroxyl groups excluding tert-OH is 1. The van der Waals surface area contributed by atoms with Crippen molar-refractivity contribution in [3.8, 4) is 17.2 Å². The van der Waals surface area contributed by atoms with E-state index in [9.17, 15) is 14.7 Å². The number of Topliss-reactive ketones (excluding diaryl/α,β-unsaturated/α-hetero) is 1. The second-order valence-electron chi connectivity index (χ2n) is 8.12. The van der Waals surface area contributed by atoms with Crippen molar-refractivity contribution < 1.29 is 28.9 Å². The molecule has 0 aromatic heterocycles. The van der Waals surface area contributed by atoms with Crippen LogP contribution in [0.15, 0.2) is 72.3 Å². The Bertz CT molecular complexity index is 1300. The summed E-state index contributed by atoms with van der Waals surface area (Å²) in [7, 11) is 3.02. The number of carbonyl (C=O) groups excluding carboxylic acids is 2. The van der Waals surface area contributed by atoms with Crippen molar-refractivity contribution in [2.75, 3.05) is 20.8 Å². The molecule has 8 heteroatoms. The van der Waals surface area contributed by atoms with Gasteiger partial charge in [0.1, 0.15) is 23.0 Å². The summed E-state index contributed by atoms with van der Waals surface area (Å²) in [6.07, 6.45) is 0. The van der Waals surface area contributed by atoms with Crippen LogP contribution in [0.25, 0.3) is 5.76 Å². The third-order valence-corrected chi connectivity index (χ3v) is 6.21. The Morgan fingerprint density at radius 2 is 1.61 bits per heavy atom. The first-order valence-corrected chi connectivity index (χ1v) is 11.7. The number of halogens is 1. The van der Waals surface area contributed by atoms with E-state index >= 15 is 0 Å². The predicted molar refractivity (Wildman–Crippen MR) is 136 cm³/mol. The number of nitrogens with zero attached hydrogens (tertiary/aromatic N) is 1. The highest BCUT2D eigenvalue weighted by atomic mass is 35.5. The van der Waals surface area contributed by atoms with Crippen LogP contribution in [0.2, 0.25) is 5.02 Å². The maximum Gasteiger partial charge on any atom is 0.295 e. The SMILES string of the molecule is CCOc1ccc(C2/C(=C(\O)c3cc(Cl)ccc3OC)C(=O)C(=O)N2Cc2ccc(OC)cc2)cc1. The summed E-state index contributed by atoms with van der Waals surface area (Å²) in [4.78, 5) is 28.1. The van der Waals surface area contributed by atoms with Gasteiger partial charge in [0.15, 0.2) is 0 Å². The number of methoxy groups -OCH3 is 2. The smallest absolute Gasteiger partial charge is 0.295 e. The number of aliphatic hydroxyl groups is 1. The number of ketones is 1. The molecule has 1 N–H and O–H groups in total. The molecule has 1 aliphatic rings. The molecule has 1 amide bonds. The minimum absolute atomic E-state index is 0.0433. The average molecular weight is 508 g/mol. The number of hydrogen-bond acceptors (Lipinski definition) is 6. The van der Waals surface area contributed by atoms with Crippen molar-refractivity contribution in [3.63, 3.8) is 0 Å². The molecule has 186 valence electrons. The third-order valence-electron chi connectivity index (χ3n) is 5.98. The van der Waals surface area contributed by atoms with Gasteiger partial charge in [-0.3, -0.25) is 9.59 Å². The highest BCUT2D eigenvalue weighted by molar-refractivity contribution is 6.46.